The zero-order chi connectivity index (χ0) is 17.6. The third-order valence-electron chi connectivity index (χ3n) is 5.18. The van der Waals surface area contributed by atoms with Gasteiger partial charge >= 0.3 is 0 Å². The van der Waals surface area contributed by atoms with Crippen molar-refractivity contribution >= 4 is 5.91 Å². The fraction of sp³-hybridized carbons (Fsp3) is 0.550. The van der Waals surface area contributed by atoms with Gasteiger partial charge in [-0.3, -0.25) is 9.69 Å². The number of carbonyl (C=O) groups excluding carboxylic acids is 1. The number of benzene rings is 1. The van der Waals surface area contributed by atoms with Crippen LogP contribution >= 0.6 is 0 Å². The molecule has 136 valence electrons. The third-order valence-corrected chi connectivity index (χ3v) is 5.18. The Bertz CT molecular complexity index is 621. The molecule has 0 unspecified atom stereocenters. The maximum absolute atomic E-state index is 12.6. The van der Waals surface area contributed by atoms with Gasteiger partial charge < -0.3 is 14.4 Å². The number of hydrogen-bond donors (Lipinski definition) is 0. The number of piperazine rings is 1. The monoisotopic (exact) mass is 344 g/mol. The van der Waals surface area contributed by atoms with E-state index in [9.17, 15) is 4.79 Å². The van der Waals surface area contributed by atoms with E-state index in [1.54, 1.807) is 14.2 Å². The second-order valence-corrected chi connectivity index (χ2v) is 6.76. The Labute approximate surface area is 150 Å². The van der Waals surface area contributed by atoms with Gasteiger partial charge in [-0.2, -0.15) is 0 Å². The molecule has 0 aromatic heterocycles. The molecule has 0 spiro atoms. The number of methoxy groups -OCH3 is 2. The molecule has 1 amide bonds. The molecule has 5 nitrogen and oxygen atoms in total. The molecule has 1 heterocycles. The number of allylic oxidation sites excluding steroid dienone is 2. The van der Waals surface area contributed by atoms with Crippen LogP contribution < -0.4 is 9.47 Å². The summed E-state index contributed by atoms with van der Waals surface area (Å²) in [5, 5.41) is 0. The van der Waals surface area contributed by atoms with E-state index in [0.29, 0.717) is 5.91 Å². The lowest BCUT2D eigenvalue weighted by Gasteiger charge is -2.37. The van der Waals surface area contributed by atoms with Crippen molar-refractivity contribution in [2.45, 2.75) is 25.8 Å². The zero-order valence-corrected chi connectivity index (χ0v) is 15.2. The first-order valence-corrected chi connectivity index (χ1v) is 9.08. The molecule has 3 rings (SSSR count). The molecule has 1 saturated heterocycles. The summed E-state index contributed by atoms with van der Waals surface area (Å²) in [5.74, 6) is 2.25. The van der Waals surface area contributed by atoms with Gasteiger partial charge in [0.05, 0.1) is 14.2 Å². The minimum atomic E-state index is 0.190. The summed E-state index contributed by atoms with van der Waals surface area (Å²) >= 11 is 0. The molecule has 2 aliphatic rings. The van der Waals surface area contributed by atoms with Crippen LogP contribution in [0.1, 0.15) is 24.8 Å². The van der Waals surface area contributed by atoms with Crippen LogP contribution in [-0.4, -0.2) is 56.1 Å². The van der Waals surface area contributed by atoms with Crippen LogP contribution in [0.5, 0.6) is 11.5 Å². The Morgan fingerprint density at radius 3 is 2.56 bits per heavy atom. The first kappa shape index (κ1) is 17.8. The van der Waals surface area contributed by atoms with Gasteiger partial charge in [0.2, 0.25) is 5.91 Å². The molecule has 0 saturated carbocycles. The second-order valence-electron chi connectivity index (χ2n) is 6.76. The summed E-state index contributed by atoms with van der Waals surface area (Å²) in [6.45, 7) is 4.23. The first-order valence-electron chi connectivity index (χ1n) is 9.08. The van der Waals surface area contributed by atoms with Crippen molar-refractivity contribution in [1.82, 2.24) is 9.80 Å². The molecule has 5 heteroatoms. The van der Waals surface area contributed by atoms with Crippen molar-refractivity contribution in [1.29, 1.82) is 0 Å². The average molecular weight is 344 g/mol. The molecular formula is C20H28N2O3. The maximum Gasteiger partial charge on any atom is 0.226 e. The molecule has 1 aliphatic heterocycles. The molecule has 1 atom stereocenters. The molecular weight excluding hydrogens is 316 g/mol. The van der Waals surface area contributed by atoms with Gasteiger partial charge in [0.15, 0.2) is 0 Å². The topological polar surface area (TPSA) is 42.0 Å². The molecule has 25 heavy (non-hydrogen) atoms. The van der Waals surface area contributed by atoms with Crippen LogP contribution in [0.15, 0.2) is 30.4 Å². The largest absolute Gasteiger partial charge is 0.497 e. The average Bonchev–Trinajstić information content (AvgIpc) is 2.68. The van der Waals surface area contributed by atoms with Gasteiger partial charge in [-0.15, -0.1) is 0 Å². The van der Waals surface area contributed by atoms with Crippen molar-refractivity contribution in [3.63, 3.8) is 0 Å². The summed E-state index contributed by atoms with van der Waals surface area (Å²) in [7, 11) is 3.37. The lowest BCUT2D eigenvalue weighted by atomic mass is 9.93. The fourth-order valence-corrected chi connectivity index (χ4v) is 3.65. The number of carbonyl (C=O) groups is 1. The molecule has 1 aromatic rings. The minimum absolute atomic E-state index is 0.190. The van der Waals surface area contributed by atoms with Crippen molar-refractivity contribution in [2.24, 2.45) is 5.92 Å². The molecule has 1 aliphatic carbocycles. The van der Waals surface area contributed by atoms with Crippen molar-refractivity contribution in [3.8, 4) is 11.5 Å². The van der Waals surface area contributed by atoms with Crippen LogP contribution in [0.2, 0.25) is 0 Å². The lowest BCUT2D eigenvalue weighted by Crippen LogP contribution is -2.50. The Morgan fingerprint density at radius 2 is 1.92 bits per heavy atom. The van der Waals surface area contributed by atoms with E-state index in [1.807, 2.05) is 23.1 Å². The number of amides is 1. The summed E-state index contributed by atoms with van der Waals surface area (Å²) < 4.78 is 10.8. The summed E-state index contributed by atoms with van der Waals surface area (Å²) in [4.78, 5) is 17.1. The summed E-state index contributed by atoms with van der Waals surface area (Å²) in [5.41, 5.74) is 1.12. The van der Waals surface area contributed by atoms with E-state index < -0.39 is 0 Å². The Kier molecular flexibility index (Phi) is 5.97. The summed E-state index contributed by atoms with van der Waals surface area (Å²) in [6.07, 6.45) is 7.27. The lowest BCUT2D eigenvalue weighted by molar-refractivity contribution is -0.137. The van der Waals surface area contributed by atoms with Crippen LogP contribution in [0, 0.1) is 5.92 Å². The molecule has 0 N–H and O–H groups in total. The van der Waals surface area contributed by atoms with E-state index in [2.05, 4.69) is 17.1 Å². The predicted molar refractivity (Wildman–Crippen MR) is 97.9 cm³/mol. The molecule has 1 aromatic carbocycles. The van der Waals surface area contributed by atoms with Gasteiger partial charge in [-0.25, -0.2) is 0 Å². The van der Waals surface area contributed by atoms with Crippen molar-refractivity contribution < 1.29 is 14.3 Å². The predicted octanol–water partition coefficient (Wildman–Crippen LogP) is 2.70. The van der Waals surface area contributed by atoms with Gasteiger partial charge in [-0.05, 0) is 37.5 Å². The highest BCUT2D eigenvalue weighted by atomic mass is 16.5. The number of hydrogen-bond acceptors (Lipinski definition) is 4. The van der Waals surface area contributed by atoms with Crippen LogP contribution in [0.3, 0.4) is 0 Å². The maximum atomic E-state index is 12.6. The van der Waals surface area contributed by atoms with Gasteiger partial charge in [0.1, 0.15) is 11.5 Å². The Hall–Kier alpha value is -2.01. The highest BCUT2D eigenvalue weighted by Gasteiger charge is 2.27. The minimum Gasteiger partial charge on any atom is -0.497 e. The van der Waals surface area contributed by atoms with Crippen molar-refractivity contribution in [2.75, 3.05) is 40.4 Å². The Morgan fingerprint density at radius 1 is 1.12 bits per heavy atom. The van der Waals surface area contributed by atoms with E-state index in [-0.39, 0.29) is 5.92 Å². The van der Waals surface area contributed by atoms with Gasteiger partial charge in [-0.1, -0.05) is 12.2 Å². The van der Waals surface area contributed by atoms with Crippen molar-refractivity contribution in [3.05, 3.63) is 35.9 Å². The zero-order valence-electron chi connectivity index (χ0n) is 15.2. The van der Waals surface area contributed by atoms with Gasteiger partial charge in [0, 0.05) is 44.2 Å². The van der Waals surface area contributed by atoms with E-state index >= 15 is 0 Å². The quantitative estimate of drug-likeness (QED) is 0.770. The highest BCUT2D eigenvalue weighted by molar-refractivity contribution is 5.79. The molecule has 0 radical (unpaired) electrons. The van der Waals surface area contributed by atoms with Gasteiger partial charge in [0.25, 0.3) is 0 Å². The highest BCUT2D eigenvalue weighted by Crippen LogP contribution is 2.26. The van der Waals surface area contributed by atoms with Crippen LogP contribution in [0.4, 0.5) is 0 Å². The fourth-order valence-electron chi connectivity index (χ4n) is 3.65. The number of nitrogens with zero attached hydrogens (tertiary/aromatic N) is 2. The SMILES string of the molecule is COc1ccc(OC)c(CN2CCN(C(=O)[C@@H]3CC=CCC3)CC2)c1. The van der Waals surface area contributed by atoms with E-state index in [0.717, 1.165) is 69.0 Å². The summed E-state index contributed by atoms with van der Waals surface area (Å²) in [6, 6.07) is 5.90. The van der Waals surface area contributed by atoms with Crippen LogP contribution in [-0.2, 0) is 11.3 Å². The smallest absolute Gasteiger partial charge is 0.226 e. The first-order chi connectivity index (χ1) is 12.2. The van der Waals surface area contributed by atoms with E-state index in [4.69, 9.17) is 9.47 Å². The number of rotatable bonds is 5. The molecule has 0 bridgehead atoms. The Balaban J connectivity index is 1.56. The normalized spacial score (nSPS) is 21.2. The number of ether oxygens (including phenoxy) is 2. The second kappa shape index (κ2) is 8.39. The molecule has 1 fully saturated rings. The standard InChI is InChI=1S/C20H28N2O3/c1-24-18-8-9-19(25-2)17(14-18)15-21-10-12-22(13-11-21)20(23)16-6-4-3-5-7-16/h3-4,8-9,14,16H,5-7,10-13,15H2,1-2H3/t16-/m1/s1. The van der Waals surface area contributed by atoms with E-state index in [1.165, 1.54) is 0 Å². The van der Waals surface area contributed by atoms with Crippen LogP contribution in [0.25, 0.3) is 0 Å². The third kappa shape index (κ3) is 4.34.